The highest BCUT2D eigenvalue weighted by molar-refractivity contribution is 6.28. The Hall–Kier alpha value is -1.47. The summed E-state index contributed by atoms with van der Waals surface area (Å²) in [5.41, 5.74) is 0.201. The molecule has 0 aromatic carbocycles. The van der Waals surface area contributed by atoms with Gasteiger partial charge in [-0.15, -0.1) is 0 Å². The van der Waals surface area contributed by atoms with Gasteiger partial charge in [-0.2, -0.15) is 4.98 Å². The zero-order valence-corrected chi connectivity index (χ0v) is 12.6. The molecule has 0 amide bonds. The molecular formula is C12H18ClN5O2. The van der Waals surface area contributed by atoms with E-state index in [-0.39, 0.29) is 28.0 Å². The minimum atomic E-state index is -0.475. The summed E-state index contributed by atoms with van der Waals surface area (Å²) in [4.78, 5) is 20.6. The number of hydrogen-bond donors (Lipinski definition) is 1. The van der Waals surface area contributed by atoms with Crippen molar-refractivity contribution in [2.24, 2.45) is 0 Å². The molecule has 110 valence electrons. The number of halogens is 1. The van der Waals surface area contributed by atoms with Crippen molar-refractivity contribution >= 4 is 23.1 Å². The van der Waals surface area contributed by atoms with Gasteiger partial charge in [0.15, 0.2) is 0 Å². The van der Waals surface area contributed by atoms with Crippen molar-refractivity contribution in [1.29, 1.82) is 0 Å². The van der Waals surface area contributed by atoms with Crippen LogP contribution < -0.4 is 5.32 Å². The van der Waals surface area contributed by atoms with Gasteiger partial charge in [-0.3, -0.25) is 10.1 Å². The Morgan fingerprint density at radius 2 is 2.10 bits per heavy atom. The highest BCUT2D eigenvalue weighted by Gasteiger charge is 2.39. The van der Waals surface area contributed by atoms with Crippen LogP contribution in [0, 0.1) is 17.0 Å². The normalized spacial score (nSPS) is 16.9. The molecule has 1 heterocycles. The van der Waals surface area contributed by atoms with Crippen molar-refractivity contribution in [3.63, 3.8) is 0 Å². The van der Waals surface area contributed by atoms with Gasteiger partial charge in [-0.1, -0.05) is 0 Å². The van der Waals surface area contributed by atoms with E-state index in [9.17, 15) is 10.1 Å². The molecule has 0 spiro atoms. The average molecular weight is 300 g/mol. The van der Waals surface area contributed by atoms with Crippen molar-refractivity contribution in [3.8, 4) is 0 Å². The topological polar surface area (TPSA) is 84.2 Å². The third kappa shape index (κ3) is 2.69. The lowest BCUT2D eigenvalue weighted by Crippen LogP contribution is -2.54. The van der Waals surface area contributed by atoms with Gasteiger partial charge in [-0.05, 0) is 51.9 Å². The lowest BCUT2D eigenvalue weighted by Gasteiger charge is -2.47. The summed E-state index contributed by atoms with van der Waals surface area (Å²) in [6, 6.07) is 0. The van der Waals surface area contributed by atoms with Crippen molar-refractivity contribution < 1.29 is 4.92 Å². The molecule has 1 saturated carbocycles. The molecule has 20 heavy (non-hydrogen) atoms. The minimum absolute atomic E-state index is 0.0168. The van der Waals surface area contributed by atoms with Crippen LogP contribution in [0.25, 0.3) is 0 Å². The molecule has 1 aliphatic carbocycles. The number of aryl methyl sites for hydroxylation is 1. The van der Waals surface area contributed by atoms with Crippen LogP contribution in [-0.2, 0) is 0 Å². The van der Waals surface area contributed by atoms with Crippen LogP contribution in [0.2, 0.25) is 5.28 Å². The number of likely N-dealkylation sites (N-methyl/N-ethyl adjacent to an activating group) is 1. The molecule has 1 aliphatic rings. The van der Waals surface area contributed by atoms with Crippen LogP contribution in [0.5, 0.6) is 0 Å². The second-order valence-corrected chi connectivity index (χ2v) is 5.70. The molecule has 0 saturated heterocycles. The van der Waals surface area contributed by atoms with E-state index in [4.69, 9.17) is 11.6 Å². The third-order valence-corrected chi connectivity index (χ3v) is 4.20. The maximum absolute atomic E-state index is 11.1. The standard InChI is InChI=1S/C12H18ClN5O2/c1-8-9(18(19)20)10(16-11(13)15-8)14-7-12(17(2)3)5-4-6-12/h4-7H2,1-3H3,(H,14,15,16). The number of anilines is 1. The van der Waals surface area contributed by atoms with E-state index in [0.717, 1.165) is 12.8 Å². The van der Waals surface area contributed by atoms with Crippen molar-refractivity contribution in [1.82, 2.24) is 14.9 Å². The van der Waals surface area contributed by atoms with E-state index in [1.807, 2.05) is 14.1 Å². The summed E-state index contributed by atoms with van der Waals surface area (Å²) in [5.74, 6) is 0.195. The molecule has 2 rings (SSSR count). The quantitative estimate of drug-likeness (QED) is 0.510. The Morgan fingerprint density at radius 3 is 2.55 bits per heavy atom. The predicted molar refractivity (Wildman–Crippen MR) is 77.2 cm³/mol. The smallest absolute Gasteiger partial charge is 0.332 e. The number of nitrogens with zero attached hydrogens (tertiary/aromatic N) is 4. The Kier molecular flexibility index (Phi) is 4.10. The van der Waals surface area contributed by atoms with Gasteiger partial charge in [0.2, 0.25) is 11.1 Å². The molecule has 0 bridgehead atoms. The molecular weight excluding hydrogens is 282 g/mol. The SMILES string of the molecule is Cc1nc(Cl)nc(NCC2(N(C)C)CCC2)c1[N+](=O)[O-]. The van der Waals surface area contributed by atoms with Crippen LogP contribution in [0.1, 0.15) is 25.0 Å². The Bertz CT molecular complexity index is 531. The number of nitro groups is 1. The maximum atomic E-state index is 11.1. The van der Waals surface area contributed by atoms with Crippen LogP contribution in [0.3, 0.4) is 0 Å². The van der Waals surface area contributed by atoms with Gasteiger partial charge in [0.1, 0.15) is 5.69 Å². The van der Waals surface area contributed by atoms with E-state index in [1.165, 1.54) is 6.42 Å². The van der Waals surface area contributed by atoms with Crippen molar-refractivity contribution in [3.05, 3.63) is 21.1 Å². The molecule has 0 radical (unpaired) electrons. The van der Waals surface area contributed by atoms with E-state index < -0.39 is 4.92 Å². The fraction of sp³-hybridized carbons (Fsp3) is 0.667. The fourth-order valence-corrected chi connectivity index (χ4v) is 2.70. The number of hydrogen-bond acceptors (Lipinski definition) is 6. The molecule has 0 aliphatic heterocycles. The summed E-state index contributed by atoms with van der Waals surface area (Å²) < 4.78 is 0. The predicted octanol–water partition coefficient (Wildman–Crippen LogP) is 2.24. The van der Waals surface area contributed by atoms with Crippen LogP contribution >= 0.6 is 11.6 Å². The van der Waals surface area contributed by atoms with Gasteiger partial charge in [0.05, 0.1) is 4.92 Å². The van der Waals surface area contributed by atoms with Gasteiger partial charge >= 0.3 is 5.69 Å². The van der Waals surface area contributed by atoms with Gasteiger partial charge in [0, 0.05) is 12.1 Å². The summed E-state index contributed by atoms with van der Waals surface area (Å²) in [5, 5.41) is 14.2. The average Bonchev–Trinajstić information content (AvgIpc) is 2.25. The first-order valence-electron chi connectivity index (χ1n) is 6.45. The molecule has 1 N–H and O–H groups in total. The highest BCUT2D eigenvalue weighted by atomic mass is 35.5. The molecule has 1 aromatic rings. The van der Waals surface area contributed by atoms with Crippen molar-refractivity contribution in [2.75, 3.05) is 26.0 Å². The monoisotopic (exact) mass is 299 g/mol. The zero-order chi connectivity index (χ0) is 14.9. The largest absolute Gasteiger partial charge is 0.362 e. The molecule has 8 heteroatoms. The Morgan fingerprint density at radius 1 is 1.45 bits per heavy atom. The molecule has 0 atom stereocenters. The van der Waals surface area contributed by atoms with E-state index >= 15 is 0 Å². The van der Waals surface area contributed by atoms with E-state index in [2.05, 4.69) is 20.2 Å². The second-order valence-electron chi connectivity index (χ2n) is 5.36. The molecule has 1 fully saturated rings. The van der Waals surface area contributed by atoms with Crippen LogP contribution in [0.4, 0.5) is 11.5 Å². The molecule has 7 nitrogen and oxygen atoms in total. The maximum Gasteiger partial charge on any atom is 0.332 e. The summed E-state index contributed by atoms with van der Waals surface area (Å²) in [6.45, 7) is 2.16. The number of rotatable bonds is 5. The molecule has 1 aromatic heterocycles. The first-order valence-corrected chi connectivity index (χ1v) is 6.83. The van der Waals surface area contributed by atoms with Gasteiger partial charge in [0.25, 0.3) is 0 Å². The summed E-state index contributed by atoms with van der Waals surface area (Å²) in [6.07, 6.45) is 3.31. The third-order valence-electron chi connectivity index (χ3n) is 4.03. The zero-order valence-electron chi connectivity index (χ0n) is 11.8. The lowest BCUT2D eigenvalue weighted by atomic mass is 9.75. The second kappa shape index (κ2) is 5.49. The summed E-state index contributed by atoms with van der Waals surface area (Å²) >= 11 is 5.79. The van der Waals surface area contributed by atoms with Crippen LogP contribution in [-0.4, -0.2) is 46.0 Å². The Balaban J connectivity index is 2.23. The van der Waals surface area contributed by atoms with Crippen LogP contribution in [0.15, 0.2) is 0 Å². The summed E-state index contributed by atoms with van der Waals surface area (Å²) in [7, 11) is 4.04. The first-order chi connectivity index (χ1) is 9.35. The Labute approximate surface area is 122 Å². The first kappa shape index (κ1) is 14.9. The van der Waals surface area contributed by atoms with E-state index in [0.29, 0.717) is 6.54 Å². The van der Waals surface area contributed by atoms with Gasteiger partial charge in [-0.25, -0.2) is 4.98 Å². The number of nitrogens with one attached hydrogen (secondary N) is 1. The highest BCUT2D eigenvalue weighted by Crippen LogP contribution is 2.37. The number of aromatic nitrogens is 2. The van der Waals surface area contributed by atoms with Crippen molar-refractivity contribution in [2.45, 2.75) is 31.7 Å². The molecule has 0 unspecified atom stereocenters. The lowest BCUT2D eigenvalue weighted by molar-refractivity contribution is -0.385. The minimum Gasteiger partial charge on any atom is -0.362 e. The van der Waals surface area contributed by atoms with Gasteiger partial charge < -0.3 is 10.2 Å². The van der Waals surface area contributed by atoms with E-state index in [1.54, 1.807) is 6.92 Å². The fourth-order valence-electron chi connectivity index (χ4n) is 2.49.